The molecule has 6 heteroatoms. The number of likely N-dealkylation sites (tertiary alicyclic amines) is 1. The first-order chi connectivity index (χ1) is 17.5. The maximum absolute atomic E-state index is 13.0. The van der Waals surface area contributed by atoms with Gasteiger partial charge in [-0.3, -0.25) is 4.79 Å². The monoisotopic (exact) mass is 524 g/mol. The molecule has 4 rings (SSSR count). The van der Waals surface area contributed by atoms with Gasteiger partial charge in [0.2, 0.25) is 0 Å². The second-order valence-electron chi connectivity index (χ2n) is 9.57. The molecular weight excluding hydrogens is 491 g/mol. The second kappa shape index (κ2) is 12.6. The molecule has 0 radical (unpaired) electrons. The lowest BCUT2D eigenvalue weighted by Gasteiger charge is -2.34. The minimum Gasteiger partial charge on any atom is -0.496 e. The summed E-state index contributed by atoms with van der Waals surface area (Å²) in [5, 5.41) is 1.10. The number of amides is 1. The molecule has 3 aromatic rings. The van der Waals surface area contributed by atoms with E-state index in [0.29, 0.717) is 28.1 Å². The predicted molar refractivity (Wildman–Crippen MR) is 149 cm³/mol. The first-order valence-electron chi connectivity index (χ1n) is 12.6. The summed E-state index contributed by atoms with van der Waals surface area (Å²) in [4.78, 5) is 17.4. The first-order valence-corrected chi connectivity index (χ1v) is 13.3. The smallest absolute Gasteiger partial charge is 0.253 e. The summed E-state index contributed by atoms with van der Waals surface area (Å²) in [6, 6.07) is 23.6. The van der Waals surface area contributed by atoms with Gasteiger partial charge < -0.3 is 14.5 Å². The van der Waals surface area contributed by atoms with Crippen molar-refractivity contribution in [3.63, 3.8) is 0 Å². The van der Waals surface area contributed by atoms with E-state index in [2.05, 4.69) is 23.1 Å². The number of ether oxygens (including phenoxy) is 1. The van der Waals surface area contributed by atoms with Crippen LogP contribution in [0.25, 0.3) is 0 Å². The number of rotatable bonds is 9. The lowest BCUT2D eigenvalue weighted by Crippen LogP contribution is -2.36. The normalized spacial score (nSPS) is 15.4. The van der Waals surface area contributed by atoms with E-state index in [0.717, 1.165) is 50.2 Å². The fourth-order valence-electron chi connectivity index (χ4n) is 5.15. The zero-order valence-corrected chi connectivity index (χ0v) is 22.5. The molecule has 3 aromatic carbocycles. The lowest BCUT2D eigenvalue weighted by molar-refractivity contribution is 0.0781. The number of benzene rings is 3. The van der Waals surface area contributed by atoms with Crippen LogP contribution in [-0.4, -0.2) is 56.0 Å². The van der Waals surface area contributed by atoms with Gasteiger partial charge in [-0.15, -0.1) is 0 Å². The molecule has 1 heterocycles. The lowest BCUT2D eigenvalue weighted by atomic mass is 9.88. The molecule has 0 N–H and O–H groups in total. The van der Waals surface area contributed by atoms with Crippen LogP contribution in [0.2, 0.25) is 10.0 Å². The summed E-state index contributed by atoms with van der Waals surface area (Å²) >= 11 is 12.6. The van der Waals surface area contributed by atoms with E-state index in [4.69, 9.17) is 27.9 Å². The molecule has 1 saturated heterocycles. The zero-order valence-electron chi connectivity index (χ0n) is 21.0. The molecule has 190 valence electrons. The molecule has 1 fully saturated rings. The summed E-state index contributed by atoms with van der Waals surface area (Å²) in [5.74, 6) is 1.70. The van der Waals surface area contributed by atoms with Crippen LogP contribution < -0.4 is 4.74 Å². The van der Waals surface area contributed by atoms with Crippen LogP contribution in [-0.2, 0) is 0 Å². The molecule has 0 spiro atoms. The largest absolute Gasteiger partial charge is 0.496 e. The molecule has 0 aromatic heterocycles. The minimum absolute atomic E-state index is 0.0262. The van der Waals surface area contributed by atoms with Crippen molar-refractivity contribution in [2.75, 3.05) is 40.3 Å². The summed E-state index contributed by atoms with van der Waals surface area (Å²) < 4.78 is 5.59. The van der Waals surface area contributed by atoms with Crippen LogP contribution in [0.5, 0.6) is 5.75 Å². The van der Waals surface area contributed by atoms with Crippen LogP contribution >= 0.6 is 23.2 Å². The van der Waals surface area contributed by atoms with Crippen molar-refractivity contribution in [1.82, 2.24) is 9.80 Å². The van der Waals surface area contributed by atoms with Crippen LogP contribution in [0.1, 0.15) is 52.6 Å². The Labute approximate surface area is 224 Å². The molecule has 1 unspecified atom stereocenters. The molecule has 1 amide bonds. The maximum atomic E-state index is 13.0. The van der Waals surface area contributed by atoms with Gasteiger partial charge in [0.15, 0.2) is 0 Å². The van der Waals surface area contributed by atoms with Crippen molar-refractivity contribution in [3.8, 4) is 5.75 Å². The summed E-state index contributed by atoms with van der Waals surface area (Å²) in [7, 11) is 3.62. The quantitative estimate of drug-likeness (QED) is 0.298. The summed E-state index contributed by atoms with van der Waals surface area (Å²) in [6.45, 7) is 3.69. The van der Waals surface area contributed by atoms with Crippen molar-refractivity contribution < 1.29 is 9.53 Å². The average Bonchev–Trinajstić information content (AvgIpc) is 2.92. The molecule has 0 bridgehead atoms. The fourth-order valence-corrected chi connectivity index (χ4v) is 5.46. The number of carbonyl (C=O) groups excluding carboxylic acids is 1. The highest BCUT2D eigenvalue weighted by molar-refractivity contribution is 6.42. The van der Waals surface area contributed by atoms with Crippen molar-refractivity contribution in [1.29, 1.82) is 0 Å². The third kappa shape index (κ3) is 6.61. The van der Waals surface area contributed by atoms with Crippen molar-refractivity contribution in [2.45, 2.75) is 31.1 Å². The van der Waals surface area contributed by atoms with Gasteiger partial charge >= 0.3 is 0 Å². The fraction of sp³-hybridized carbons (Fsp3) is 0.367. The number of halogens is 2. The number of para-hydroxylation sites is 1. The third-order valence-electron chi connectivity index (χ3n) is 7.24. The van der Waals surface area contributed by atoms with E-state index in [1.54, 1.807) is 7.11 Å². The number of carbonyl (C=O) groups is 1. The highest BCUT2D eigenvalue weighted by Crippen LogP contribution is 2.35. The maximum Gasteiger partial charge on any atom is 0.253 e. The molecule has 1 atom stereocenters. The van der Waals surface area contributed by atoms with Crippen molar-refractivity contribution in [2.24, 2.45) is 0 Å². The van der Waals surface area contributed by atoms with Crippen molar-refractivity contribution in [3.05, 3.63) is 99.5 Å². The number of methoxy groups -OCH3 is 1. The van der Waals surface area contributed by atoms with Gasteiger partial charge in [-0.25, -0.2) is 0 Å². The van der Waals surface area contributed by atoms with E-state index in [1.165, 1.54) is 5.56 Å². The molecule has 1 aliphatic rings. The van der Waals surface area contributed by atoms with Gasteiger partial charge in [0.25, 0.3) is 5.91 Å². The standard InChI is InChI=1S/C30H34Cl2N2O2/c1-33(30(35)23-8-4-3-5-9-23)21-25(24-12-13-27(31)28(32)20-24)16-19-34-17-14-22(15-18-34)26-10-6-7-11-29(26)36-2/h3-13,20,22,25H,14-19,21H2,1-2H3. The Bertz CT molecular complexity index is 1150. The molecule has 36 heavy (non-hydrogen) atoms. The number of likely N-dealkylation sites (N-methyl/N-ethyl adjacent to an activating group) is 1. The van der Waals surface area contributed by atoms with Gasteiger partial charge in [-0.1, -0.05) is 65.7 Å². The van der Waals surface area contributed by atoms with E-state index < -0.39 is 0 Å². The Morgan fingerprint density at radius 2 is 1.69 bits per heavy atom. The molecule has 0 saturated carbocycles. The van der Waals surface area contributed by atoms with Crippen molar-refractivity contribution >= 4 is 29.1 Å². The highest BCUT2D eigenvalue weighted by atomic mass is 35.5. The van der Waals surface area contributed by atoms with E-state index >= 15 is 0 Å². The Kier molecular flexibility index (Phi) is 9.30. The number of piperidine rings is 1. The minimum atomic E-state index is 0.0262. The van der Waals surface area contributed by atoms with Crippen LogP contribution in [0.15, 0.2) is 72.8 Å². The molecular formula is C30H34Cl2N2O2. The summed E-state index contributed by atoms with van der Waals surface area (Å²) in [5.41, 5.74) is 3.13. The van der Waals surface area contributed by atoms with Crippen LogP contribution in [0.4, 0.5) is 0 Å². The number of hydrogen-bond acceptors (Lipinski definition) is 3. The Morgan fingerprint density at radius 3 is 2.39 bits per heavy atom. The van der Waals surface area contributed by atoms with Gasteiger partial charge in [0.05, 0.1) is 17.2 Å². The summed E-state index contributed by atoms with van der Waals surface area (Å²) in [6.07, 6.45) is 3.16. The Balaban J connectivity index is 1.41. The number of nitrogens with zero attached hydrogens (tertiary/aromatic N) is 2. The molecule has 4 nitrogen and oxygen atoms in total. The predicted octanol–water partition coefficient (Wildman–Crippen LogP) is 7.13. The van der Waals surface area contributed by atoms with E-state index in [-0.39, 0.29) is 11.8 Å². The van der Waals surface area contributed by atoms with E-state index in [1.807, 2.05) is 66.5 Å². The van der Waals surface area contributed by atoms with Gasteiger partial charge in [0.1, 0.15) is 5.75 Å². The number of hydrogen-bond donors (Lipinski definition) is 0. The van der Waals surface area contributed by atoms with Crippen LogP contribution in [0.3, 0.4) is 0 Å². The topological polar surface area (TPSA) is 32.8 Å². The second-order valence-corrected chi connectivity index (χ2v) is 10.4. The highest BCUT2D eigenvalue weighted by Gasteiger charge is 2.25. The van der Waals surface area contributed by atoms with Gasteiger partial charge in [0, 0.05) is 25.1 Å². The Hall–Kier alpha value is -2.53. The third-order valence-corrected chi connectivity index (χ3v) is 7.98. The van der Waals surface area contributed by atoms with E-state index in [9.17, 15) is 4.79 Å². The zero-order chi connectivity index (χ0) is 25.5. The van der Waals surface area contributed by atoms with Crippen LogP contribution in [0, 0.1) is 0 Å². The first kappa shape index (κ1) is 26.5. The SMILES string of the molecule is COc1ccccc1C1CCN(CCC(CN(C)C(=O)c2ccccc2)c2ccc(Cl)c(Cl)c2)CC1. The van der Waals surface area contributed by atoms with Gasteiger partial charge in [-0.2, -0.15) is 0 Å². The Morgan fingerprint density at radius 1 is 1.00 bits per heavy atom. The molecule has 0 aliphatic carbocycles. The average molecular weight is 526 g/mol. The molecule has 1 aliphatic heterocycles. The van der Waals surface area contributed by atoms with Gasteiger partial charge in [-0.05, 0) is 86.3 Å².